The van der Waals surface area contributed by atoms with Gasteiger partial charge < -0.3 is 0 Å². The summed E-state index contributed by atoms with van der Waals surface area (Å²) in [6, 6.07) is 9.72. The number of nitrogens with zero attached hydrogens (tertiary/aromatic N) is 1. The molecule has 0 fully saturated rings. The standard InChI is InChI=1S/C15H17N/c1-12-8-9-15(16(3)11-12)10-14-7-5-4-6-13(14)2/h4-9,11H,3,10H2,1-2H3. The zero-order valence-corrected chi connectivity index (χ0v) is 9.90. The first-order chi connectivity index (χ1) is 7.66. The largest absolute Gasteiger partial charge is 0.298 e. The number of hydrogen-bond acceptors (Lipinski definition) is 0. The molecule has 1 nitrogen and oxygen atoms in total. The molecule has 0 aliphatic carbocycles. The molecule has 0 unspecified atom stereocenters. The molecule has 82 valence electrons. The topological polar surface area (TPSA) is 3.01 Å². The molecular formula is C15H17N. The highest BCUT2D eigenvalue weighted by Gasteiger charge is 2.13. The Bertz CT molecular complexity index is 466. The van der Waals surface area contributed by atoms with Gasteiger partial charge in [-0.15, -0.1) is 6.08 Å². The minimum Gasteiger partial charge on any atom is -0.298 e. The van der Waals surface area contributed by atoms with E-state index in [4.69, 9.17) is 0 Å². The predicted molar refractivity (Wildman–Crippen MR) is 68.4 cm³/mol. The third kappa shape index (κ3) is 2.25. The van der Waals surface area contributed by atoms with Crippen LogP contribution in [0.15, 0.2) is 48.2 Å². The van der Waals surface area contributed by atoms with E-state index in [1.165, 1.54) is 22.7 Å². The second kappa shape index (κ2) is 4.40. The molecule has 1 aliphatic rings. The van der Waals surface area contributed by atoms with Crippen LogP contribution in [-0.4, -0.2) is 11.3 Å². The molecule has 1 aromatic carbocycles. The Hall–Kier alpha value is -1.76. The summed E-state index contributed by atoms with van der Waals surface area (Å²) in [6.07, 6.45) is 7.29. The van der Waals surface area contributed by atoms with Crippen molar-refractivity contribution in [2.24, 2.45) is 0 Å². The van der Waals surface area contributed by atoms with Crippen molar-refractivity contribution in [2.45, 2.75) is 20.3 Å². The molecule has 1 aliphatic heterocycles. The molecule has 1 aromatic rings. The molecule has 0 atom stereocenters. The summed E-state index contributed by atoms with van der Waals surface area (Å²) in [7, 11) is 0. The third-order valence-electron chi connectivity index (χ3n) is 2.90. The van der Waals surface area contributed by atoms with E-state index in [9.17, 15) is 0 Å². The van der Waals surface area contributed by atoms with Gasteiger partial charge in [0.15, 0.2) is 0 Å². The maximum absolute atomic E-state index is 4.02. The lowest BCUT2D eigenvalue weighted by Crippen LogP contribution is -2.15. The maximum atomic E-state index is 4.02. The van der Waals surface area contributed by atoms with Crippen molar-refractivity contribution in [3.05, 3.63) is 65.4 Å². The van der Waals surface area contributed by atoms with E-state index in [1.54, 1.807) is 0 Å². The van der Waals surface area contributed by atoms with Crippen molar-refractivity contribution in [2.75, 3.05) is 0 Å². The lowest BCUT2D eigenvalue weighted by atomic mass is 9.99. The lowest BCUT2D eigenvalue weighted by molar-refractivity contribution is -0.427. The number of allylic oxidation sites excluding steroid dienone is 2. The highest BCUT2D eigenvalue weighted by molar-refractivity contribution is 5.33. The number of benzene rings is 1. The molecular weight excluding hydrogens is 194 g/mol. The van der Waals surface area contributed by atoms with Crippen molar-refractivity contribution < 1.29 is 4.58 Å². The van der Waals surface area contributed by atoms with Crippen molar-refractivity contribution in [1.82, 2.24) is 0 Å². The van der Waals surface area contributed by atoms with E-state index in [1.807, 2.05) is 4.58 Å². The average Bonchev–Trinajstić information content (AvgIpc) is 2.25. The summed E-state index contributed by atoms with van der Waals surface area (Å²) in [5.74, 6) is 0. The quantitative estimate of drug-likeness (QED) is 0.522. The Labute approximate surface area is 97.4 Å². The second-order valence-corrected chi connectivity index (χ2v) is 4.27. The van der Waals surface area contributed by atoms with Gasteiger partial charge in [0, 0.05) is 6.42 Å². The van der Waals surface area contributed by atoms with Gasteiger partial charge in [-0.25, -0.2) is 0 Å². The Morgan fingerprint density at radius 2 is 2.00 bits per heavy atom. The molecule has 2 rings (SSSR count). The van der Waals surface area contributed by atoms with Gasteiger partial charge in [0.05, 0.1) is 12.9 Å². The van der Waals surface area contributed by atoms with Crippen LogP contribution in [0, 0.1) is 13.0 Å². The van der Waals surface area contributed by atoms with Crippen LogP contribution in [0.4, 0.5) is 0 Å². The monoisotopic (exact) mass is 211 g/mol. The molecule has 0 amide bonds. The van der Waals surface area contributed by atoms with Gasteiger partial charge in [0.1, 0.15) is 6.04 Å². The number of aryl methyl sites for hydroxylation is 1. The number of hydrogen-bond donors (Lipinski definition) is 0. The van der Waals surface area contributed by atoms with Gasteiger partial charge in [-0.1, -0.05) is 42.8 Å². The van der Waals surface area contributed by atoms with E-state index in [0.717, 1.165) is 6.42 Å². The smallest absolute Gasteiger partial charge is 0.104 e. The van der Waals surface area contributed by atoms with Crippen LogP contribution in [0.25, 0.3) is 0 Å². The highest BCUT2D eigenvalue weighted by atomic mass is 15.0. The molecule has 1 heterocycles. The number of rotatable bonds is 2. The summed E-state index contributed by atoms with van der Waals surface area (Å²) < 4.78 is 1.96. The SMILES string of the molecule is C=[N+]1C=C(C)C=C[C-]1Cc1ccccc1C. The summed E-state index contributed by atoms with van der Waals surface area (Å²) in [5, 5.41) is 0. The summed E-state index contributed by atoms with van der Waals surface area (Å²) in [5.41, 5.74) is 3.94. The first-order valence-corrected chi connectivity index (χ1v) is 5.53. The minimum atomic E-state index is 0.941. The molecule has 0 aromatic heterocycles. The molecule has 1 heteroatoms. The van der Waals surface area contributed by atoms with Crippen molar-refractivity contribution >= 4 is 6.72 Å². The van der Waals surface area contributed by atoms with Crippen LogP contribution >= 0.6 is 0 Å². The van der Waals surface area contributed by atoms with Gasteiger partial charge in [-0.2, -0.15) is 0 Å². The molecule has 0 bridgehead atoms. The van der Waals surface area contributed by atoms with Crippen molar-refractivity contribution in [1.29, 1.82) is 0 Å². The van der Waals surface area contributed by atoms with Crippen LogP contribution in [0.1, 0.15) is 18.1 Å². The fraction of sp³-hybridized carbons (Fsp3) is 0.200. The average molecular weight is 211 g/mol. The lowest BCUT2D eigenvalue weighted by Gasteiger charge is -2.19. The molecule has 0 saturated carbocycles. The second-order valence-electron chi connectivity index (χ2n) is 4.27. The molecule has 0 saturated heterocycles. The van der Waals surface area contributed by atoms with Crippen molar-refractivity contribution in [3.8, 4) is 0 Å². The van der Waals surface area contributed by atoms with E-state index >= 15 is 0 Å². The molecule has 0 radical (unpaired) electrons. The predicted octanol–water partition coefficient (Wildman–Crippen LogP) is 3.26. The summed E-state index contributed by atoms with van der Waals surface area (Å²) in [4.78, 5) is 0. The maximum Gasteiger partial charge on any atom is 0.104 e. The van der Waals surface area contributed by atoms with Gasteiger partial charge in [0.2, 0.25) is 0 Å². The zero-order valence-electron chi connectivity index (χ0n) is 9.90. The fourth-order valence-electron chi connectivity index (χ4n) is 1.86. The van der Waals surface area contributed by atoms with Crippen LogP contribution in [0.2, 0.25) is 0 Å². The van der Waals surface area contributed by atoms with Crippen LogP contribution in [-0.2, 0) is 6.42 Å². The van der Waals surface area contributed by atoms with Gasteiger partial charge in [-0.3, -0.25) is 4.58 Å². The third-order valence-corrected chi connectivity index (χ3v) is 2.90. The van der Waals surface area contributed by atoms with Gasteiger partial charge in [0.25, 0.3) is 0 Å². The summed E-state index contributed by atoms with van der Waals surface area (Å²) >= 11 is 0. The molecule has 0 spiro atoms. The zero-order chi connectivity index (χ0) is 11.5. The minimum absolute atomic E-state index is 0.941. The normalized spacial score (nSPS) is 15.2. The van der Waals surface area contributed by atoms with Gasteiger partial charge >= 0.3 is 0 Å². The molecule has 0 N–H and O–H groups in total. The fourth-order valence-corrected chi connectivity index (χ4v) is 1.86. The van der Waals surface area contributed by atoms with Gasteiger partial charge in [-0.05, 0) is 18.1 Å². The first-order valence-electron chi connectivity index (χ1n) is 5.53. The first kappa shape index (κ1) is 10.7. The highest BCUT2D eigenvalue weighted by Crippen LogP contribution is 2.20. The Kier molecular flexibility index (Phi) is 2.95. The molecule has 16 heavy (non-hydrogen) atoms. The Morgan fingerprint density at radius 1 is 1.25 bits per heavy atom. The van der Waals surface area contributed by atoms with E-state index in [-0.39, 0.29) is 0 Å². The Morgan fingerprint density at radius 3 is 2.69 bits per heavy atom. The van der Waals surface area contributed by atoms with Crippen LogP contribution in [0.3, 0.4) is 0 Å². The Balaban J connectivity index is 2.15. The van der Waals surface area contributed by atoms with Crippen LogP contribution < -0.4 is 0 Å². The van der Waals surface area contributed by atoms with E-state index in [0.29, 0.717) is 0 Å². The van der Waals surface area contributed by atoms with Crippen LogP contribution in [0.5, 0.6) is 0 Å². The van der Waals surface area contributed by atoms with E-state index < -0.39 is 0 Å². The van der Waals surface area contributed by atoms with Crippen molar-refractivity contribution in [3.63, 3.8) is 0 Å². The van der Waals surface area contributed by atoms with E-state index in [2.05, 4.69) is 63.2 Å². The summed E-state index contributed by atoms with van der Waals surface area (Å²) in [6.45, 7) is 8.26.